The third-order valence-corrected chi connectivity index (χ3v) is 1.94. The highest BCUT2D eigenvalue weighted by Gasteiger charge is 1.99. The molecule has 17 heavy (non-hydrogen) atoms. The number of nitrogens with zero attached hydrogens (tertiary/aromatic N) is 1. The number of hydrogen-bond acceptors (Lipinski definition) is 2. The van der Waals surface area contributed by atoms with Crippen molar-refractivity contribution in [1.82, 2.24) is 10.3 Å². The maximum atomic E-state index is 11.1. The van der Waals surface area contributed by atoms with Crippen LogP contribution in [0, 0.1) is 0 Å². The van der Waals surface area contributed by atoms with Crippen LogP contribution in [0.1, 0.15) is 17.3 Å². The second kappa shape index (κ2) is 8.05. The summed E-state index contributed by atoms with van der Waals surface area (Å²) in [5, 5.41) is 2.72. The zero-order chi connectivity index (χ0) is 12.3. The van der Waals surface area contributed by atoms with Crippen molar-refractivity contribution in [1.29, 1.82) is 0 Å². The Bertz CT molecular complexity index is 388. The number of carbonyl (C=O) groups is 1. The van der Waals surface area contributed by atoms with E-state index in [1.807, 2.05) is 43.3 Å². The summed E-state index contributed by atoms with van der Waals surface area (Å²) in [6.07, 6.45) is 3.50. The average Bonchev–Trinajstić information content (AvgIpc) is 2.43. The average molecular weight is 228 g/mol. The monoisotopic (exact) mass is 228 g/mol. The Kier molecular flexibility index (Phi) is 6.11. The van der Waals surface area contributed by atoms with E-state index in [1.165, 1.54) is 0 Å². The predicted molar refractivity (Wildman–Crippen MR) is 68.7 cm³/mol. The summed E-state index contributed by atoms with van der Waals surface area (Å²) in [4.78, 5) is 14.9. The van der Waals surface area contributed by atoms with Crippen molar-refractivity contribution in [2.45, 2.75) is 6.92 Å². The fourth-order valence-electron chi connectivity index (χ4n) is 1.16. The molecule has 1 heterocycles. The van der Waals surface area contributed by atoms with Gasteiger partial charge in [0, 0.05) is 24.5 Å². The second-order valence-corrected chi connectivity index (χ2v) is 3.25. The molecule has 1 aromatic heterocycles. The zero-order valence-corrected chi connectivity index (χ0v) is 9.84. The number of hydrogen-bond donors (Lipinski definition) is 1. The summed E-state index contributed by atoms with van der Waals surface area (Å²) >= 11 is 0. The van der Waals surface area contributed by atoms with E-state index in [2.05, 4.69) is 10.3 Å². The smallest absolute Gasteiger partial charge is 0.251 e. The minimum atomic E-state index is -0.00639. The zero-order valence-electron chi connectivity index (χ0n) is 9.84. The van der Waals surface area contributed by atoms with E-state index in [9.17, 15) is 4.79 Å². The highest BCUT2D eigenvalue weighted by Crippen LogP contribution is 1.96. The Morgan fingerprint density at radius 2 is 1.65 bits per heavy atom. The van der Waals surface area contributed by atoms with E-state index in [-0.39, 0.29) is 5.91 Å². The third kappa shape index (κ3) is 5.47. The van der Waals surface area contributed by atoms with Crippen LogP contribution in [0.15, 0.2) is 60.9 Å². The number of benzene rings is 1. The van der Waals surface area contributed by atoms with Crippen LogP contribution in [-0.4, -0.2) is 17.4 Å². The van der Waals surface area contributed by atoms with Crippen LogP contribution in [0.4, 0.5) is 0 Å². The first kappa shape index (κ1) is 12.9. The van der Waals surface area contributed by atoms with Gasteiger partial charge in [0.25, 0.3) is 5.91 Å². The normalized spacial score (nSPS) is 8.76. The summed E-state index contributed by atoms with van der Waals surface area (Å²) < 4.78 is 0. The van der Waals surface area contributed by atoms with Gasteiger partial charge in [0.1, 0.15) is 0 Å². The first-order valence-electron chi connectivity index (χ1n) is 5.53. The minimum absolute atomic E-state index is 0.00639. The topological polar surface area (TPSA) is 42.0 Å². The molecule has 3 heteroatoms. The van der Waals surface area contributed by atoms with E-state index in [0.29, 0.717) is 12.1 Å². The molecular formula is C14H16N2O. The van der Waals surface area contributed by atoms with Crippen LogP contribution in [0.3, 0.4) is 0 Å². The van der Waals surface area contributed by atoms with Gasteiger partial charge in [0.15, 0.2) is 0 Å². The van der Waals surface area contributed by atoms with Gasteiger partial charge in [-0.2, -0.15) is 0 Å². The van der Waals surface area contributed by atoms with Gasteiger partial charge in [-0.25, -0.2) is 0 Å². The molecule has 2 aromatic rings. The Morgan fingerprint density at radius 3 is 2.06 bits per heavy atom. The van der Waals surface area contributed by atoms with Crippen molar-refractivity contribution < 1.29 is 4.79 Å². The quantitative estimate of drug-likeness (QED) is 0.858. The predicted octanol–water partition coefficient (Wildman–Crippen LogP) is 2.52. The van der Waals surface area contributed by atoms with Crippen LogP contribution >= 0.6 is 0 Å². The molecule has 0 radical (unpaired) electrons. The summed E-state index contributed by atoms with van der Waals surface area (Å²) in [7, 11) is 0. The molecule has 0 saturated heterocycles. The number of pyridine rings is 1. The minimum Gasteiger partial charge on any atom is -0.352 e. The lowest BCUT2D eigenvalue weighted by Crippen LogP contribution is -2.22. The summed E-state index contributed by atoms with van der Waals surface area (Å²) in [5.74, 6) is -0.00639. The number of nitrogens with one attached hydrogen (secondary N) is 1. The summed E-state index contributed by atoms with van der Waals surface area (Å²) in [6, 6.07) is 14.9. The molecule has 0 aliphatic carbocycles. The molecule has 2 rings (SSSR count). The fourth-order valence-corrected chi connectivity index (χ4v) is 1.16. The van der Waals surface area contributed by atoms with E-state index < -0.39 is 0 Å². The lowest BCUT2D eigenvalue weighted by molar-refractivity contribution is 0.0956. The van der Waals surface area contributed by atoms with Gasteiger partial charge in [0.05, 0.1) is 0 Å². The van der Waals surface area contributed by atoms with Gasteiger partial charge >= 0.3 is 0 Å². The maximum Gasteiger partial charge on any atom is 0.251 e. The van der Waals surface area contributed by atoms with Gasteiger partial charge in [0.2, 0.25) is 0 Å². The first-order valence-corrected chi connectivity index (χ1v) is 5.53. The molecule has 0 aliphatic rings. The molecule has 0 aliphatic heterocycles. The molecule has 88 valence electrons. The SMILES string of the molecule is CCNC(=O)c1ccccc1.c1ccncc1. The largest absolute Gasteiger partial charge is 0.352 e. The molecule has 1 amide bonds. The van der Waals surface area contributed by atoms with Crippen LogP contribution in [0.2, 0.25) is 0 Å². The van der Waals surface area contributed by atoms with Crippen LogP contribution in [0.25, 0.3) is 0 Å². The van der Waals surface area contributed by atoms with Gasteiger partial charge < -0.3 is 5.32 Å². The molecule has 0 saturated carbocycles. The summed E-state index contributed by atoms with van der Waals surface area (Å²) in [6.45, 7) is 2.58. The van der Waals surface area contributed by atoms with Crippen LogP contribution in [0.5, 0.6) is 0 Å². The number of rotatable bonds is 2. The van der Waals surface area contributed by atoms with Crippen molar-refractivity contribution in [3.05, 3.63) is 66.5 Å². The Morgan fingerprint density at radius 1 is 1.06 bits per heavy atom. The van der Waals surface area contributed by atoms with Crippen LogP contribution < -0.4 is 5.32 Å². The molecule has 0 spiro atoms. The van der Waals surface area contributed by atoms with Gasteiger partial charge in [-0.3, -0.25) is 9.78 Å². The molecule has 0 bridgehead atoms. The third-order valence-electron chi connectivity index (χ3n) is 1.94. The molecule has 0 fully saturated rings. The van der Waals surface area contributed by atoms with Crippen molar-refractivity contribution >= 4 is 5.91 Å². The molecule has 1 N–H and O–H groups in total. The number of carbonyl (C=O) groups excluding carboxylic acids is 1. The summed E-state index contributed by atoms with van der Waals surface area (Å²) in [5.41, 5.74) is 0.717. The van der Waals surface area contributed by atoms with Crippen molar-refractivity contribution in [3.63, 3.8) is 0 Å². The fraction of sp³-hybridized carbons (Fsp3) is 0.143. The van der Waals surface area contributed by atoms with Crippen molar-refractivity contribution in [3.8, 4) is 0 Å². The van der Waals surface area contributed by atoms with Crippen LogP contribution in [-0.2, 0) is 0 Å². The standard InChI is InChI=1S/C9H11NO.C5H5N/c1-2-10-9(11)8-6-4-3-5-7-8;1-2-4-6-5-3-1/h3-7H,2H2,1H3,(H,10,11);1-5H. The van der Waals surface area contributed by atoms with Gasteiger partial charge in [-0.1, -0.05) is 24.3 Å². The second-order valence-electron chi connectivity index (χ2n) is 3.25. The molecular weight excluding hydrogens is 212 g/mol. The lowest BCUT2D eigenvalue weighted by Gasteiger charge is -1.99. The highest BCUT2D eigenvalue weighted by molar-refractivity contribution is 5.93. The van der Waals surface area contributed by atoms with E-state index in [4.69, 9.17) is 0 Å². The van der Waals surface area contributed by atoms with E-state index in [1.54, 1.807) is 24.5 Å². The molecule has 0 unspecified atom stereocenters. The molecule has 0 atom stereocenters. The van der Waals surface area contributed by atoms with Crippen molar-refractivity contribution in [2.24, 2.45) is 0 Å². The Balaban J connectivity index is 0.000000202. The molecule has 3 nitrogen and oxygen atoms in total. The Hall–Kier alpha value is -2.16. The maximum absolute atomic E-state index is 11.1. The van der Waals surface area contributed by atoms with Gasteiger partial charge in [-0.15, -0.1) is 0 Å². The van der Waals surface area contributed by atoms with E-state index >= 15 is 0 Å². The highest BCUT2D eigenvalue weighted by atomic mass is 16.1. The Labute approximate surface area is 102 Å². The lowest BCUT2D eigenvalue weighted by atomic mass is 10.2. The van der Waals surface area contributed by atoms with Gasteiger partial charge in [-0.05, 0) is 31.2 Å². The number of amides is 1. The number of aromatic nitrogens is 1. The van der Waals surface area contributed by atoms with Crippen molar-refractivity contribution in [2.75, 3.05) is 6.54 Å². The molecule has 1 aromatic carbocycles. The first-order chi connectivity index (χ1) is 8.34. The van der Waals surface area contributed by atoms with E-state index in [0.717, 1.165) is 0 Å².